The third-order valence-corrected chi connectivity index (χ3v) is 8.10. The number of carbonyl (C=O) groups excluding carboxylic acids is 1. The lowest BCUT2D eigenvalue weighted by Crippen LogP contribution is -2.35. The minimum absolute atomic E-state index is 0.0431. The van der Waals surface area contributed by atoms with Gasteiger partial charge in [0.2, 0.25) is 5.91 Å². The molecule has 42 heavy (non-hydrogen) atoms. The maximum Gasteiger partial charge on any atom is 0.246 e. The van der Waals surface area contributed by atoms with Crippen LogP contribution in [-0.4, -0.2) is 57.2 Å². The Labute approximate surface area is 244 Å². The van der Waals surface area contributed by atoms with Crippen LogP contribution in [-0.2, 0) is 29.5 Å². The normalized spacial score (nSPS) is 12.9. The highest BCUT2D eigenvalue weighted by atomic mass is 32.1. The number of imidazole rings is 1. The van der Waals surface area contributed by atoms with Crippen molar-refractivity contribution in [3.05, 3.63) is 83.9 Å². The highest BCUT2D eigenvalue weighted by molar-refractivity contribution is 7.18. The van der Waals surface area contributed by atoms with Crippen LogP contribution < -0.4 is 4.74 Å². The molecule has 0 atom stereocenters. The molecule has 1 aliphatic heterocycles. The van der Waals surface area contributed by atoms with E-state index in [1.54, 1.807) is 17.4 Å². The van der Waals surface area contributed by atoms with E-state index in [1.807, 2.05) is 35.3 Å². The van der Waals surface area contributed by atoms with Crippen LogP contribution in [0, 0.1) is 11.6 Å². The molecule has 0 saturated carbocycles. The van der Waals surface area contributed by atoms with E-state index >= 15 is 4.39 Å². The van der Waals surface area contributed by atoms with Crippen molar-refractivity contribution in [1.82, 2.24) is 24.4 Å². The monoisotopic (exact) mass is 587 g/mol. The smallest absolute Gasteiger partial charge is 0.246 e. The summed E-state index contributed by atoms with van der Waals surface area (Å²) in [6, 6.07) is 5.87. The summed E-state index contributed by atoms with van der Waals surface area (Å²) in [5, 5.41) is 2.68. The maximum absolute atomic E-state index is 15.9. The van der Waals surface area contributed by atoms with Crippen molar-refractivity contribution in [3.63, 3.8) is 0 Å². The quantitative estimate of drug-likeness (QED) is 0.169. The van der Waals surface area contributed by atoms with Gasteiger partial charge in [-0.15, -0.1) is 11.3 Å². The molecule has 5 heterocycles. The van der Waals surface area contributed by atoms with Crippen LogP contribution in [0.15, 0.2) is 61.0 Å². The van der Waals surface area contributed by atoms with Gasteiger partial charge in [0.05, 0.1) is 29.9 Å². The van der Waals surface area contributed by atoms with E-state index in [-0.39, 0.29) is 30.4 Å². The van der Waals surface area contributed by atoms with Crippen molar-refractivity contribution in [1.29, 1.82) is 0 Å². The summed E-state index contributed by atoms with van der Waals surface area (Å²) in [7, 11) is 3.40. The van der Waals surface area contributed by atoms with E-state index in [2.05, 4.69) is 11.6 Å². The van der Waals surface area contributed by atoms with Crippen molar-refractivity contribution in [3.8, 4) is 39.5 Å². The Morgan fingerprint density at radius 3 is 2.79 bits per heavy atom. The van der Waals surface area contributed by atoms with Crippen LogP contribution in [0.5, 0.6) is 5.75 Å². The minimum Gasteiger partial charge on any atom is -0.490 e. The molecule has 0 bridgehead atoms. The number of amides is 1. The molecule has 11 heteroatoms. The van der Waals surface area contributed by atoms with Gasteiger partial charge in [-0.1, -0.05) is 6.58 Å². The summed E-state index contributed by atoms with van der Waals surface area (Å²) < 4.78 is 43.9. The number of ether oxygens (including phenoxy) is 2. The largest absolute Gasteiger partial charge is 0.490 e. The van der Waals surface area contributed by atoms with E-state index in [0.29, 0.717) is 47.7 Å². The van der Waals surface area contributed by atoms with E-state index < -0.39 is 11.6 Å². The first kappa shape index (κ1) is 27.7. The van der Waals surface area contributed by atoms with E-state index in [1.165, 1.54) is 30.6 Å². The van der Waals surface area contributed by atoms with Crippen LogP contribution in [0.3, 0.4) is 0 Å². The van der Waals surface area contributed by atoms with Gasteiger partial charge in [0.1, 0.15) is 29.7 Å². The van der Waals surface area contributed by atoms with Crippen molar-refractivity contribution in [2.75, 3.05) is 26.9 Å². The summed E-state index contributed by atoms with van der Waals surface area (Å²) in [5.41, 5.74) is 4.63. The summed E-state index contributed by atoms with van der Waals surface area (Å²) >= 11 is 1.42. The second kappa shape index (κ2) is 11.4. The number of aromatic nitrogens is 4. The molecule has 0 radical (unpaired) electrons. The molecular formula is C31H27F2N5O3S. The summed E-state index contributed by atoms with van der Waals surface area (Å²) in [6.45, 7) is 4.86. The van der Waals surface area contributed by atoms with Gasteiger partial charge in [-0.2, -0.15) is 0 Å². The van der Waals surface area contributed by atoms with E-state index in [4.69, 9.17) is 19.4 Å². The average molecular weight is 588 g/mol. The second-order valence-corrected chi connectivity index (χ2v) is 10.8. The molecule has 1 amide bonds. The molecule has 0 N–H and O–H groups in total. The molecule has 8 nitrogen and oxygen atoms in total. The fourth-order valence-electron chi connectivity index (χ4n) is 5.21. The molecule has 0 aliphatic carbocycles. The summed E-state index contributed by atoms with van der Waals surface area (Å²) in [4.78, 5) is 28.4. The number of hydrogen-bond acceptors (Lipinski definition) is 7. The standard InChI is InChI=1S/C31H27F2N5O3S/c1-4-26(39)38-7-5-23-19(15-38)11-18(14-34-23)29-28(27-22(33)12-20(32)13-25(27)41-9-8-40-3)31-21(6-10-42-31)30(36-29)24-16-37(2)17-35-24/h4,6,10-14,16-17H,1,5,7-9,15H2,2-3H3. The van der Waals surface area contributed by atoms with Gasteiger partial charge in [-0.3, -0.25) is 9.78 Å². The van der Waals surface area contributed by atoms with Gasteiger partial charge < -0.3 is 18.9 Å². The third kappa shape index (κ3) is 5.05. The lowest BCUT2D eigenvalue weighted by atomic mass is 9.94. The number of carbonyl (C=O) groups is 1. The topological polar surface area (TPSA) is 82.4 Å². The van der Waals surface area contributed by atoms with Gasteiger partial charge >= 0.3 is 0 Å². The van der Waals surface area contributed by atoms with Gasteiger partial charge in [0.25, 0.3) is 0 Å². The molecule has 0 spiro atoms. The van der Waals surface area contributed by atoms with Crippen LogP contribution >= 0.6 is 11.3 Å². The molecule has 4 aromatic heterocycles. The van der Waals surface area contributed by atoms with Crippen molar-refractivity contribution in [2.45, 2.75) is 13.0 Å². The lowest BCUT2D eigenvalue weighted by Gasteiger charge is -2.27. The van der Waals surface area contributed by atoms with Gasteiger partial charge in [-0.05, 0) is 29.2 Å². The third-order valence-electron chi connectivity index (χ3n) is 7.17. The molecule has 0 saturated heterocycles. The lowest BCUT2D eigenvalue weighted by molar-refractivity contribution is -0.126. The SMILES string of the molecule is C=CC(=O)N1CCc2ncc(-c3nc(-c4cn(C)cn4)c4ccsc4c3-c3c(F)cc(F)cc3OCCOC)cc2C1. The number of halogens is 2. The second-order valence-electron chi connectivity index (χ2n) is 9.92. The zero-order chi connectivity index (χ0) is 29.4. The first-order chi connectivity index (χ1) is 20.4. The highest BCUT2D eigenvalue weighted by Crippen LogP contribution is 2.47. The molecule has 5 aromatic rings. The molecule has 214 valence electrons. The first-order valence-corrected chi connectivity index (χ1v) is 14.2. The molecule has 6 rings (SSSR count). The zero-order valence-electron chi connectivity index (χ0n) is 23.1. The van der Waals surface area contributed by atoms with Gasteiger partial charge in [0.15, 0.2) is 0 Å². The number of methoxy groups -OCH3 is 1. The Bertz CT molecular complexity index is 1830. The Hall–Kier alpha value is -4.48. The van der Waals surface area contributed by atoms with E-state index in [0.717, 1.165) is 27.4 Å². The molecule has 0 unspecified atom stereocenters. The number of benzene rings is 1. The van der Waals surface area contributed by atoms with Crippen molar-refractivity contribution in [2.24, 2.45) is 7.05 Å². The predicted molar refractivity (Wildman–Crippen MR) is 157 cm³/mol. The average Bonchev–Trinajstić information content (AvgIpc) is 3.65. The molecule has 1 aliphatic rings. The molecular weight excluding hydrogens is 560 g/mol. The molecule has 0 fully saturated rings. The first-order valence-electron chi connectivity index (χ1n) is 13.3. The Morgan fingerprint density at radius 1 is 1.17 bits per heavy atom. The van der Waals surface area contributed by atoms with E-state index in [9.17, 15) is 9.18 Å². The van der Waals surface area contributed by atoms with Gasteiger partial charge in [-0.25, -0.2) is 18.7 Å². The number of pyridine rings is 2. The van der Waals surface area contributed by atoms with Crippen molar-refractivity contribution >= 4 is 27.3 Å². The number of fused-ring (bicyclic) bond motifs is 2. The Morgan fingerprint density at radius 2 is 2.02 bits per heavy atom. The molecule has 1 aromatic carbocycles. The fraction of sp³-hybridized carbons (Fsp3) is 0.226. The fourth-order valence-corrected chi connectivity index (χ4v) is 6.16. The maximum atomic E-state index is 15.9. The van der Waals surface area contributed by atoms with Crippen LogP contribution in [0.25, 0.3) is 43.9 Å². The zero-order valence-corrected chi connectivity index (χ0v) is 23.9. The number of nitrogens with zero attached hydrogens (tertiary/aromatic N) is 5. The summed E-state index contributed by atoms with van der Waals surface area (Å²) in [6.07, 6.45) is 7.17. The number of thiophene rings is 1. The number of aryl methyl sites for hydroxylation is 1. The Kier molecular flexibility index (Phi) is 7.53. The van der Waals surface area contributed by atoms with Crippen LogP contribution in [0.1, 0.15) is 11.3 Å². The van der Waals surface area contributed by atoms with Crippen molar-refractivity contribution < 1.29 is 23.0 Å². The van der Waals surface area contributed by atoms with Crippen LogP contribution in [0.2, 0.25) is 0 Å². The minimum atomic E-state index is -0.778. The predicted octanol–water partition coefficient (Wildman–Crippen LogP) is 5.80. The van der Waals surface area contributed by atoms with Gasteiger partial charge in [0, 0.05) is 85.1 Å². The summed E-state index contributed by atoms with van der Waals surface area (Å²) in [5.74, 6) is -1.65. The number of rotatable bonds is 8. The number of hydrogen-bond donors (Lipinski definition) is 0. The highest BCUT2D eigenvalue weighted by Gasteiger charge is 2.27. The van der Waals surface area contributed by atoms with Crippen LogP contribution in [0.4, 0.5) is 8.78 Å². The Balaban J connectivity index is 1.62.